The van der Waals surface area contributed by atoms with Gasteiger partial charge in [0.25, 0.3) is 0 Å². The summed E-state index contributed by atoms with van der Waals surface area (Å²) in [4.78, 5) is 11.2. The van der Waals surface area contributed by atoms with E-state index in [9.17, 15) is 4.79 Å². The summed E-state index contributed by atoms with van der Waals surface area (Å²) in [6, 6.07) is 5.54. The van der Waals surface area contributed by atoms with Crippen molar-refractivity contribution in [2.24, 2.45) is 0 Å². The zero-order chi connectivity index (χ0) is 13.5. The molecule has 1 rings (SSSR count). The fourth-order valence-electron chi connectivity index (χ4n) is 1.51. The van der Waals surface area contributed by atoms with Gasteiger partial charge < -0.3 is 14.8 Å². The number of benzene rings is 1. The number of amidine groups is 1. The molecule has 2 N–H and O–H groups in total. The number of hydrogen-bond acceptors (Lipinski definition) is 4. The molecular weight excluding hydrogens is 232 g/mol. The minimum Gasteiger partial charge on any atom is -0.497 e. The van der Waals surface area contributed by atoms with Crippen molar-refractivity contribution in [2.45, 2.75) is 20.3 Å². The Morgan fingerprint density at radius 3 is 2.72 bits per heavy atom. The Morgan fingerprint density at radius 1 is 1.39 bits per heavy atom. The highest BCUT2D eigenvalue weighted by atomic mass is 16.5. The summed E-state index contributed by atoms with van der Waals surface area (Å²) in [5.74, 6) is 0.400. The lowest BCUT2D eigenvalue weighted by molar-refractivity contribution is -0.141. The van der Waals surface area contributed by atoms with Crippen molar-refractivity contribution in [1.29, 1.82) is 5.41 Å². The summed E-state index contributed by atoms with van der Waals surface area (Å²) in [6.07, 6.45) is -0.0654. The van der Waals surface area contributed by atoms with Gasteiger partial charge in [-0.2, -0.15) is 0 Å². The number of nitrogens with one attached hydrogen (secondary N) is 2. The summed E-state index contributed by atoms with van der Waals surface area (Å²) in [6.45, 7) is 3.99. The van der Waals surface area contributed by atoms with Crippen molar-refractivity contribution in [3.63, 3.8) is 0 Å². The number of rotatable bonds is 5. The fraction of sp³-hybridized carbons (Fsp3) is 0.385. The smallest absolute Gasteiger partial charge is 0.313 e. The molecule has 18 heavy (non-hydrogen) atoms. The molecule has 5 heteroatoms. The Morgan fingerprint density at radius 2 is 2.11 bits per heavy atom. The van der Waals surface area contributed by atoms with Crippen LogP contribution in [0.5, 0.6) is 5.75 Å². The van der Waals surface area contributed by atoms with Gasteiger partial charge in [-0.25, -0.2) is 0 Å². The second-order valence-electron chi connectivity index (χ2n) is 3.82. The molecule has 0 fully saturated rings. The molecule has 0 aliphatic rings. The monoisotopic (exact) mass is 250 g/mol. The van der Waals surface area contributed by atoms with Crippen molar-refractivity contribution in [3.05, 3.63) is 23.8 Å². The van der Waals surface area contributed by atoms with Gasteiger partial charge in [-0.15, -0.1) is 0 Å². The van der Waals surface area contributed by atoms with Crippen LogP contribution in [0.15, 0.2) is 18.2 Å². The maximum atomic E-state index is 11.2. The number of methoxy groups -OCH3 is 1. The largest absolute Gasteiger partial charge is 0.497 e. The number of hydrogen-bond donors (Lipinski definition) is 2. The summed E-state index contributed by atoms with van der Waals surface area (Å²) in [7, 11) is 1.59. The quantitative estimate of drug-likeness (QED) is 0.478. The van der Waals surface area contributed by atoms with Gasteiger partial charge in [0.05, 0.1) is 13.7 Å². The van der Waals surface area contributed by atoms with Crippen LogP contribution in [0, 0.1) is 12.3 Å². The number of esters is 1. The zero-order valence-electron chi connectivity index (χ0n) is 10.9. The topological polar surface area (TPSA) is 71.4 Å². The highest BCUT2D eigenvalue weighted by molar-refractivity contribution is 6.03. The van der Waals surface area contributed by atoms with E-state index in [-0.39, 0.29) is 12.3 Å². The lowest BCUT2D eigenvalue weighted by Crippen LogP contribution is -2.17. The Labute approximate surface area is 107 Å². The average molecular weight is 250 g/mol. The van der Waals surface area contributed by atoms with Crippen LogP contribution in [0.25, 0.3) is 0 Å². The third kappa shape index (κ3) is 4.45. The van der Waals surface area contributed by atoms with E-state index in [0.717, 1.165) is 11.3 Å². The standard InChI is InChI=1S/C13H18N2O3/c1-4-18-13(16)8-12(14)15-10-5-9(2)6-11(7-10)17-3/h5-7H,4,8H2,1-3H3,(H2,14,15). The van der Waals surface area contributed by atoms with Gasteiger partial charge in [0.2, 0.25) is 0 Å². The van der Waals surface area contributed by atoms with Gasteiger partial charge >= 0.3 is 5.97 Å². The lowest BCUT2D eigenvalue weighted by Gasteiger charge is -2.10. The molecular formula is C13H18N2O3. The van der Waals surface area contributed by atoms with Crippen LogP contribution >= 0.6 is 0 Å². The van der Waals surface area contributed by atoms with Crippen molar-refractivity contribution >= 4 is 17.5 Å². The van der Waals surface area contributed by atoms with Crippen LogP contribution in [-0.4, -0.2) is 25.5 Å². The van der Waals surface area contributed by atoms with Gasteiger partial charge in [-0.1, -0.05) is 0 Å². The molecule has 0 bridgehead atoms. The summed E-state index contributed by atoms with van der Waals surface area (Å²) in [5, 5.41) is 10.5. The molecule has 0 heterocycles. The highest BCUT2D eigenvalue weighted by Gasteiger charge is 2.07. The lowest BCUT2D eigenvalue weighted by atomic mass is 10.2. The molecule has 0 unspecified atom stereocenters. The van der Waals surface area contributed by atoms with Crippen molar-refractivity contribution in [2.75, 3.05) is 19.0 Å². The van der Waals surface area contributed by atoms with Gasteiger partial charge in [-0.3, -0.25) is 10.2 Å². The Kier molecular flexibility index (Phi) is 5.17. The Balaban J connectivity index is 2.64. The number of carbonyl (C=O) groups is 1. The van der Waals surface area contributed by atoms with Crippen molar-refractivity contribution < 1.29 is 14.3 Å². The van der Waals surface area contributed by atoms with E-state index in [0.29, 0.717) is 12.4 Å². The van der Waals surface area contributed by atoms with Gasteiger partial charge in [-0.05, 0) is 31.5 Å². The first-order chi connectivity index (χ1) is 8.55. The van der Waals surface area contributed by atoms with Crippen LogP contribution in [0.3, 0.4) is 0 Å². The number of ether oxygens (including phenoxy) is 2. The van der Waals surface area contributed by atoms with Crippen LogP contribution < -0.4 is 10.1 Å². The number of anilines is 1. The van der Waals surface area contributed by atoms with Crippen LogP contribution in [0.4, 0.5) is 5.69 Å². The Bertz CT molecular complexity index is 444. The molecule has 0 spiro atoms. The van der Waals surface area contributed by atoms with Gasteiger partial charge in [0.1, 0.15) is 18.0 Å². The first kappa shape index (κ1) is 14.0. The van der Waals surface area contributed by atoms with Crippen LogP contribution in [-0.2, 0) is 9.53 Å². The molecule has 5 nitrogen and oxygen atoms in total. The van der Waals surface area contributed by atoms with Crippen LogP contribution in [0.2, 0.25) is 0 Å². The molecule has 0 atom stereocenters. The predicted octanol–water partition coefficient (Wildman–Crippen LogP) is 2.35. The Hall–Kier alpha value is -2.04. The summed E-state index contributed by atoms with van der Waals surface area (Å²) in [5.41, 5.74) is 1.74. The molecule has 0 saturated heterocycles. The van der Waals surface area contributed by atoms with E-state index in [1.54, 1.807) is 20.1 Å². The molecule has 0 aliphatic heterocycles. The fourth-order valence-corrected chi connectivity index (χ4v) is 1.51. The van der Waals surface area contributed by atoms with E-state index in [2.05, 4.69) is 5.32 Å². The molecule has 0 aromatic heterocycles. The molecule has 0 radical (unpaired) electrons. The maximum absolute atomic E-state index is 11.2. The van der Waals surface area contributed by atoms with Crippen molar-refractivity contribution in [1.82, 2.24) is 0 Å². The average Bonchev–Trinajstić information content (AvgIpc) is 2.27. The SMILES string of the molecule is CCOC(=O)CC(=N)Nc1cc(C)cc(OC)c1. The molecule has 98 valence electrons. The molecule has 1 aromatic carbocycles. The van der Waals surface area contributed by atoms with E-state index in [4.69, 9.17) is 14.9 Å². The highest BCUT2D eigenvalue weighted by Crippen LogP contribution is 2.20. The number of carbonyl (C=O) groups excluding carboxylic acids is 1. The minimum atomic E-state index is -0.408. The maximum Gasteiger partial charge on any atom is 0.313 e. The molecule has 0 aliphatic carbocycles. The van der Waals surface area contributed by atoms with Gasteiger partial charge in [0, 0.05) is 11.8 Å². The summed E-state index contributed by atoms with van der Waals surface area (Å²) < 4.78 is 9.91. The first-order valence-electron chi connectivity index (χ1n) is 5.71. The third-order valence-corrected chi connectivity index (χ3v) is 2.21. The normalized spacial score (nSPS) is 9.72. The minimum absolute atomic E-state index is 0.0654. The van der Waals surface area contributed by atoms with E-state index in [1.165, 1.54) is 0 Å². The van der Waals surface area contributed by atoms with E-state index >= 15 is 0 Å². The zero-order valence-corrected chi connectivity index (χ0v) is 10.9. The molecule has 1 aromatic rings. The molecule has 0 saturated carbocycles. The molecule has 0 amide bonds. The predicted molar refractivity (Wildman–Crippen MR) is 70.3 cm³/mol. The van der Waals surface area contributed by atoms with E-state index < -0.39 is 5.97 Å². The van der Waals surface area contributed by atoms with Crippen molar-refractivity contribution in [3.8, 4) is 5.75 Å². The third-order valence-electron chi connectivity index (χ3n) is 2.21. The van der Waals surface area contributed by atoms with Gasteiger partial charge in [0.15, 0.2) is 0 Å². The first-order valence-corrected chi connectivity index (χ1v) is 5.71. The van der Waals surface area contributed by atoms with Crippen LogP contribution in [0.1, 0.15) is 18.9 Å². The second kappa shape index (κ2) is 6.64. The second-order valence-corrected chi connectivity index (χ2v) is 3.82. The number of aryl methyl sites for hydroxylation is 1. The summed E-state index contributed by atoms with van der Waals surface area (Å²) >= 11 is 0. The van der Waals surface area contributed by atoms with E-state index in [1.807, 2.05) is 19.1 Å².